The molecule has 2 aromatic carbocycles. The van der Waals surface area contributed by atoms with E-state index in [1.807, 2.05) is 31.2 Å². The summed E-state index contributed by atoms with van der Waals surface area (Å²) in [7, 11) is 0. The van der Waals surface area contributed by atoms with Crippen LogP contribution in [0, 0.1) is 0 Å². The van der Waals surface area contributed by atoms with Gasteiger partial charge in [0.05, 0.1) is 0 Å². The zero-order valence-corrected chi connectivity index (χ0v) is 21.0. The Morgan fingerprint density at radius 3 is 2.44 bits per heavy atom. The minimum atomic E-state index is -1.00. The van der Waals surface area contributed by atoms with Crippen molar-refractivity contribution in [3.63, 3.8) is 0 Å². The molecule has 1 aliphatic carbocycles. The van der Waals surface area contributed by atoms with E-state index >= 15 is 0 Å². The number of aromatic nitrogens is 1. The molecule has 1 heterocycles. The molecule has 1 fully saturated rings. The molecule has 0 bridgehead atoms. The third kappa shape index (κ3) is 5.06. The van der Waals surface area contributed by atoms with Crippen LogP contribution in [0.3, 0.4) is 0 Å². The molecule has 9 heteroatoms. The van der Waals surface area contributed by atoms with Gasteiger partial charge in [0.1, 0.15) is 21.2 Å². The Bertz CT molecular complexity index is 1180. The normalized spacial score (nSPS) is 14.7. The second-order valence-corrected chi connectivity index (χ2v) is 10.0. The highest BCUT2D eigenvalue weighted by Crippen LogP contribution is 2.37. The standard InChI is InChI=1S/C25H25Cl2N3O3S/c1-2-15-7-3-6-10-19(15)30(25(33)21-20(26)23(27)34-29-21)22(16-11-13-18(31)14-12-16)24(32)28-17-8-4-5-9-17/h3,6-7,10-14,17,22,31H,2,4-5,8-9H2,1H3,(H,28,32)/t22-/m0/s1. The Kier molecular flexibility index (Phi) is 7.76. The molecule has 2 amide bonds. The fraction of sp³-hybridized carbons (Fsp3) is 0.320. The Labute approximate surface area is 212 Å². The van der Waals surface area contributed by atoms with Crippen LogP contribution in [-0.4, -0.2) is 27.3 Å². The molecule has 1 saturated carbocycles. The van der Waals surface area contributed by atoms with Gasteiger partial charge in [0, 0.05) is 11.7 Å². The Morgan fingerprint density at radius 2 is 1.82 bits per heavy atom. The molecule has 1 aliphatic rings. The fourth-order valence-electron chi connectivity index (χ4n) is 4.34. The predicted molar refractivity (Wildman–Crippen MR) is 136 cm³/mol. The van der Waals surface area contributed by atoms with Gasteiger partial charge in [-0.1, -0.05) is 73.3 Å². The predicted octanol–water partition coefficient (Wildman–Crippen LogP) is 6.16. The van der Waals surface area contributed by atoms with Crippen molar-refractivity contribution in [1.82, 2.24) is 9.69 Å². The quantitative estimate of drug-likeness (QED) is 0.392. The van der Waals surface area contributed by atoms with Gasteiger partial charge in [0.2, 0.25) is 5.91 Å². The van der Waals surface area contributed by atoms with Crippen LogP contribution in [0.25, 0.3) is 0 Å². The third-order valence-electron chi connectivity index (χ3n) is 6.07. The van der Waals surface area contributed by atoms with Crippen LogP contribution in [-0.2, 0) is 11.2 Å². The Morgan fingerprint density at radius 1 is 1.15 bits per heavy atom. The van der Waals surface area contributed by atoms with Crippen molar-refractivity contribution < 1.29 is 14.7 Å². The van der Waals surface area contributed by atoms with Crippen molar-refractivity contribution in [1.29, 1.82) is 0 Å². The zero-order chi connectivity index (χ0) is 24.2. The Balaban J connectivity index is 1.87. The van der Waals surface area contributed by atoms with Crippen LogP contribution in [0.4, 0.5) is 5.69 Å². The molecule has 178 valence electrons. The summed E-state index contributed by atoms with van der Waals surface area (Å²) in [6, 6.07) is 12.8. The maximum Gasteiger partial charge on any atom is 0.280 e. The summed E-state index contributed by atoms with van der Waals surface area (Å²) in [4.78, 5) is 29.2. The Hall–Kier alpha value is -2.61. The molecule has 1 aromatic heterocycles. The molecular weight excluding hydrogens is 493 g/mol. The average molecular weight is 518 g/mol. The highest BCUT2D eigenvalue weighted by molar-refractivity contribution is 7.11. The van der Waals surface area contributed by atoms with Gasteiger partial charge in [-0.15, -0.1) is 0 Å². The summed E-state index contributed by atoms with van der Waals surface area (Å²) in [6.45, 7) is 1.99. The fourth-order valence-corrected chi connectivity index (χ4v) is 5.33. The van der Waals surface area contributed by atoms with Gasteiger partial charge in [-0.3, -0.25) is 14.5 Å². The number of rotatable bonds is 7. The van der Waals surface area contributed by atoms with Crippen LogP contribution < -0.4 is 10.2 Å². The first-order chi connectivity index (χ1) is 16.4. The summed E-state index contributed by atoms with van der Waals surface area (Å²) >= 11 is 13.4. The first-order valence-electron chi connectivity index (χ1n) is 11.2. The summed E-state index contributed by atoms with van der Waals surface area (Å²) in [5.74, 6) is -0.747. The lowest BCUT2D eigenvalue weighted by molar-refractivity contribution is -0.123. The van der Waals surface area contributed by atoms with Crippen LogP contribution in [0.5, 0.6) is 5.75 Å². The van der Waals surface area contributed by atoms with Gasteiger partial charge in [0.15, 0.2) is 5.69 Å². The smallest absolute Gasteiger partial charge is 0.280 e. The molecule has 6 nitrogen and oxygen atoms in total. The van der Waals surface area contributed by atoms with Crippen molar-refractivity contribution in [3.8, 4) is 5.75 Å². The number of aromatic hydroxyl groups is 1. The lowest BCUT2D eigenvalue weighted by atomic mass is 9.99. The van der Waals surface area contributed by atoms with E-state index in [-0.39, 0.29) is 32.8 Å². The van der Waals surface area contributed by atoms with Crippen molar-refractivity contribution in [2.45, 2.75) is 51.1 Å². The number of carbonyl (C=O) groups excluding carboxylic acids is 2. The highest BCUT2D eigenvalue weighted by Gasteiger charge is 2.37. The molecule has 4 rings (SSSR count). The van der Waals surface area contributed by atoms with Crippen molar-refractivity contribution in [2.24, 2.45) is 0 Å². The van der Waals surface area contributed by atoms with Crippen LogP contribution in [0.15, 0.2) is 48.5 Å². The number of hydrogen-bond donors (Lipinski definition) is 2. The molecular formula is C25H25Cl2N3O3S. The molecule has 0 radical (unpaired) electrons. The second kappa shape index (κ2) is 10.8. The molecule has 2 N–H and O–H groups in total. The number of phenols is 1. The number of para-hydroxylation sites is 1. The molecule has 1 atom stereocenters. The minimum absolute atomic E-state index is 0.0000162. The van der Waals surface area contributed by atoms with Crippen LogP contribution in [0.1, 0.15) is 60.3 Å². The van der Waals surface area contributed by atoms with E-state index in [9.17, 15) is 14.7 Å². The second-order valence-electron chi connectivity index (χ2n) is 8.26. The number of benzene rings is 2. The molecule has 0 aliphatic heterocycles. The van der Waals surface area contributed by atoms with E-state index in [0.29, 0.717) is 17.7 Å². The van der Waals surface area contributed by atoms with E-state index in [2.05, 4.69) is 9.69 Å². The van der Waals surface area contributed by atoms with E-state index in [1.54, 1.807) is 12.1 Å². The first kappa shape index (κ1) is 24.5. The lowest BCUT2D eigenvalue weighted by Crippen LogP contribution is -2.46. The number of halogens is 2. The first-order valence-corrected chi connectivity index (χ1v) is 12.7. The van der Waals surface area contributed by atoms with E-state index in [0.717, 1.165) is 42.8 Å². The van der Waals surface area contributed by atoms with Crippen LogP contribution >= 0.6 is 34.7 Å². The topological polar surface area (TPSA) is 82.5 Å². The SMILES string of the molecule is CCc1ccccc1N(C(=O)c1nsc(Cl)c1Cl)[C@H](C(=O)NC1CCCC1)c1ccc(O)cc1. The molecule has 0 saturated heterocycles. The minimum Gasteiger partial charge on any atom is -0.508 e. The summed E-state index contributed by atoms with van der Waals surface area (Å²) in [5, 5.41) is 13.0. The van der Waals surface area contributed by atoms with Gasteiger partial charge >= 0.3 is 0 Å². The molecule has 34 heavy (non-hydrogen) atoms. The summed E-state index contributed by atoms with van der Waals surface area (Å²) in [6.07, 6.45) is 4.58. The van der Waals surface area contributed by atoms with E-state index in [4.69, 9.17) is 23.2 Å². The number of amides is 2. The molecule has 0 spiro atoms. The van der Waals surface area contributed by atoms with Crippen molar-refractivity contribution >= 4 is 52.2 Å². The van der Waals surface area contributed by atoms with Gasteiger partial charge in [-0.25, -0.2) is 0 Å². The number of nitrogens with zero attached hydrogens (tertiary/aromatic N) is 2. The third-order valence-corrected chi connectivity index (χ3v) is 7.68. The zero-order valence-electron chi connectivity index (χ0n) is 18.6. The summed E-state index contributed by atoms with van der Waals surface area (Å²) in [5.41, 5.74) is 2.05. The van der Waals surface area contributed by atoms with Gasteiger partial charge in [0.25, 0.3) is 5.91 Å². The number of hydrogen-bond acceptors (Lipinski definition) is 5. The number of nitrogens with one attached hydrogen (secondary N) is 1. The van der Waals surface area contributed by atoms with Gasteiger partial charge in [-0.05, 0) is 60.1 Å². The van der Waals surface area contributed by atoms with E-state index in [1.165, 1.54) is 17.0 Å². The molecule has 0 unspecified atom stereocenters. The van der Waals surface area contributed by atoms with Gasteiger partial charge in [-0.2, -0.15) is 4.37 Å². The monoisotopic (exact) mass is 517 g/mol. The summed E-state index contributed by atoms with van der Waals surface area (Å²) < 4.78 is 4.40. The van der Waals surface area contributed by atoms with Gasteiger partial charge < -0.3 is 10.4 Å². The number of phenolic OH excluding ortho intramolecular Hbond substituents is 1. The van der Waals surface area contributed by atoms with Crippen molar-refractivity contribution in [2.75, 3.05) is 4.90 Å². The van der Waals surface area contributed by atoms with Crippen molar-refractivity contribution in [3.05, 3.63) is 74.7 Å². The number of aryl methyl sites for hydroxylation is 1. The largest absolute Gasteiger partial charge is 0.508 e. The molecule has 3 aromatic rings. The maximum absolute atomic E-state index is 14.0. The number of carbonyl (C=O) groups is 2. The maximum atomic E-state index is 14.0. The average Bonchev–Trinajstić information content (AvgIpc) is 3.47. The number of anilines is 1. The van der Waals surface area contributed by atoms with E-state index < -0.39 is 11.9 Å². The lowest BCUT2D eigenvalue weighted by Gasteiger charge is -2.33. The van der Waals surface area contributed by atoms with Crippen LogP contribution in [0.2, 0.25) is 9.36 Å². The highest BCUT2D eigenvalue weighted by atomic mass is 35.5.